The Kier molecular flexibility index (Phi) is 3.71. The lowest BCUT2D eigenvalue weighted by atomic mass is 9.98. The zero-order valence-corrected chi connectivity index (χ0v) is 12.7. The molecule has 0 amide bonds. The number of aromatic amines is 1. The van der Waals surface area contributed by atoms with Crippen molar-refractivity contribution in [3.05, 3.63) is 39.0 Å². The molecule has 0 aliphatic carbocycles. The molecular formula is C15H18N2OS. The lowest BCUT2D eigenvalue weighted by Gasteiger charge is -2.13. The topological polar surface area (TPSA) is 37.9 Å². The highest BCUT2D eigenvalue weighted by Crippen LogP contribution is 2.31. The minimum atomic E-state index is 0.698. The van der Waals surface area contributed by atoms with Gasteiger partial charge in [0.15, 0.2) is 0 Å². The summed E-state index contributed by atoms with van der Waals surface area (Å²) in [5.74, 6) is 0.902. The van der Waals surface area contributed by atoms with Crippen molar-refractivity contribution in [1.82, 2.24) is 10.2 Å². The van der Waals surface area contributed by atoms with Crippen molar-refractivity contribution in [1.29, 1.82) is 0 Å². The third-order valence-corrected chi connectivity index (χ3v) is 3.92. The van der Waals surface area contributed by atoms with Gasteiger partial charge in [-0.25, -0.2) is 0 Å². The molecule has 0 bridgehead atoms. The first-order chi connectivity index (χ1) is 8.95. The van der Waals surface area contributed by atoms with Crippen LogP contribution in [0.4, 0.5) is 0 Å². The first-order valence-electron chi connectivity index (χ1n) is 6.17. The van der Waals surface area contributed by atoms with Crippen LogP contribution >= 0.6 is 12.2 Å². The standard InChI is InChI=1S/C15H18N2OS/c1-8-7-13(18-5)9(2)6-12(8)14-10(3)11(4)15(19)17-16-14/h6-7H,1-5H3,(H,17,19). The number of H-pyrrole nitrogens is 1. The molecule has 0 saturated carbocycles. The van der Waals surface area contributed by atoms with Gasteiger partial charge in [-0.2, -0.15) is 5.10 Å². The summed E-state index contributed by atoms with van der Waals surface area (Å²) in [6.45, 7) is 8.18. The number of nitrogens with one attached hydrogen (secondary N) is 1. The lowest BCUT2D eigenvalue weighted by molar-refractivity contribution is 0.411. The quantitative estimate of drug-likeness (QED) is 0.840. The highest BCUT2D eigenvalue weighted by Gasteiger charge is 2.12. The minimum absolute atomic E-state index is 0.698. The van der Waals surface area contributed by atoms with Crippen molar-refractivity contribution in [2.24, 2.45) is 0 Å². The summed E-state index contributed by atoms with van der Waals surface area (Å²) in [6.07, 6.45) is 0. The fourth-order valence-electron chi connectivity index (χ4n) is 2.15. The number of methoxy groups -OCH3 is 1. The van der Waals surface area contributed by atoms with E-state index in [4.69, 9.17) is 17.0 Å². The predicted molar refractivity (Wildman–Crippen MR) is 80.4 cm³/mol. The normalized spacial score (nSPS) is 10.6. The van der Waals surface area contributed by atoms with Gasteiger partial charge >= 0.3 is 0 Å². The van der Waals surface area contributed by atoms with E-state index in [1.165, 1.54) is 0 Å². The largest absolute Gasteiger partial charge is 0.496 e. The second kappa shape index (κ2) is 5.13. The fraction of sp³-hybridized carbons (Fsp3) is 0.333. The Hall–Kier alpha value is -1.68. The average Bonchev–Trinajstić information content (AvgIpc) is 2.39. The number of benzene rings is 1. The van der Waals surface area contributed by atoms with Gasteiger partial charge < -0.3 is 4.74 Å². The molecule has 0 unspecified atom stereocenters. The minimum Gasteiger partial charge on any atom is -0.496 e. The van der Waals surface area contributed by atoms with Crippen LogP contribution in [0.5, 0.6) is 5.75 Å². The Morgan fingerprint density at radius 1 is 1.05 bits per heavy atom. The van der Waals surface area contributed by atoms with Gasteiger partial charge in [-0.3, -0.25) is 5.10 Å². The summed E-state index contributed by atoms with van der Waals surface area (Å²) >= 11 is 5.21. The lowest BCUT2D eigenvalue weighted by Crippen LogP contribution is -1.99. The van der Waals surface area contributed by atoms with Crippen LogP contribution in [-0.2, 0) is 0 Å². The second-order valence-corrected chi connectivity index (χ2v) is 5.20. The molecule has 0 aliphatic heterocycles. The molecule has 100 valence electrons. The number of hydrogen-bond donors (Lipinski definition) is 1. The molecule has 1 aromatic carbocycles. The molecule has 4 heteroatoms. The monoisotopic (exact) mass is 274 g/mol. The van der Waals surface area contributed by atoms with E-state index in [9.17, 15) is 0 Å². The van der Waals surface area contributed by atoms with E-state index in [1.54, 1.807) is 7.11 Å². The molecule has 3 nitrogen and oxygen atoms in total. The first kappa shape index (κ1) is 13.7. The number of hydrogen-bond acceptors (Lipinski definition) is 3. The van der Waals surface area contributed by atoms with Gasteiger partial charge in [-0.15, -0.1) is 0 Å². The van der Waals surface area contributed by atoms with Crippen molar-refractivity contribution < 1.29 is 4.74 Å². The van der Waals surface area contributed by atoms with Crippen LogP contribution in [0, 0.1) is 32.3 Å². The van der Waals surface area contributed by atoms with Crippen LogP contribution in [0.15, 0.2) is 12.1 Å². The van der Waals surface area contributed by atoms with E-state index < -0.39 is 0 Å². The van der Waals surface area contributed by atoms with Crippen molar-refractivity contribution in [2.75, 3.05) is 7.11 Å². The average molecular weight is 274 g/mol. The maximum absolute atomic E-state index is 5.34. The first-order valence-corrected chi connectivity index (χ1v) is 6.58. The molecule has 1 aromatic heterocycles. The third-order valence-electron chi connectivity index (χ3n) is 3.52. The molecule has 0 spiro atoms. The smallest absolute Gasteiger partial charge is 0.122 e. The molecule has 0 fully saturated rings. The Balaban J connectivity index is 2.69. The Labute approximate surface area is 118 Å². The van der Waals surface area contributed by atoms with Crippen molar-refractivity contribution in [3.8, 4) is 17.0 Å². The van der Waals surface area contributed by atoms with Gasteiger partial charge in [0.05, 0.1) is 12.8 Å². The molecule has 2 rings (SSSR count). The molecule has 0 radical (unpaired) electrons. The molecule has 1 N–H and O–H groups in total. The van der Waals surface area contributed by atoms with Gasteiger partial charge in [0.1, 0.15) is 10.4 Å². The Bertz CT molecular complexity index is 689. The van der Waals surface area contributed by atoms with Crippen LogP contribution in [-0.4, -0.2) is 17.3 Å². The second-order valence-electron chi connectivity index (χ2n) is 4.79. The fourth-order valence-corrected chi connectivity index (χ4v) is 2.35. The van der Waals surface area contributed by atoms with E-state index in [2.05, 4.69) is 30.1 Å². The number of aromatic nitrogens is 2. The summed E-state index contributed by atoms with van der Waals surface area (Å²) in [4.78, 5) is 0. The van der Waals surface area contributed by atoms with Gasteiger partial charge in [-0.05, 0) is 62.1 Å². The molecule has 19 heavy (non-hydrogen) atoms. The summed E-state index contributed by atoms with van der Waals surface area (Å²) in [5.41, 5.74) is 6.51. The molecule has 0 atom stereocenters. The Morgan fingerprint density at radius 3 is 2.37 bits per heavy atom. The molecule has 0 aliphatic rings. The van der Waals surface area contributed by atoms with Crippen LogP contribution in [0.1, 0.15) is 22.3 Å². The van der Waals surface area contributed by atoms with Crippen molar-refractivity contribution in [2.45, 2.75) is 27.7 Å². The van der Waals surface area contributed by atoms with Gasteiger partial charge in [-0.1, -0.05) is 12.2 Å². The van der Waals surface area contributed by atoms with Crippen molar-refractivity contribution >= 4 is 12.2 Å². The number of aryl methyl sites for hydroxylation is 2. The van der Waals surface area contributed by atoms with Crippen LogP contribution < -0.4 is 4.74 Å². The van der Waals surface area contributed by atoms with Gasteiger partial charge in [0.2, 0.25) is 0 Å². The summed E-state index contributed by atoms with van der Waals surface area (Å²) in [6, 6.07) is 4.16. The highest BCUT2D eigenvalue weighted by atomic mass is 32.1. The zero-order chi connectivity index (χ0) is 14.2. The maximum Gasteiger partial charge on any atom is 0.122 e. The molecule has 2 aromatic rings. The van der Waals surface area contributed by atoms with Gasteiger partial charge in [0, 0.05) is 5.56 Å². The highest BCUT2D eigenvalue weighted by molar-refractivity contribution is 7.71. The summed E-state index contributed by atoms with van der Waals surface area (Å²) in [7, 11) is 1.69. The molecule has 0 saturated heterocycles. The van der Waals surface area contributed by atoms with E-state index in [1.807, 2.05) is 19.9 Å². The van der Waals surface area contributed by atoms with E-state index in [0.717, 1.165) is 39.3 Å². The van der Waals surface area contributed by atoms with Crippen molar-refractivity contribution in [3.63, 3.8) is 0 Å². The third kappa shape index (κ3) is 2.40. The number of rotatable bonds is 2. The van der Waals surface area contributed by atoms with E-state index in [-0.39, 0.29) is 0 Å². The van der Waals surface area contributed by atoms with Crippen LogP contribution in [0.3, 0.4) is 0 Å². The zero-order valence-electron chi connectivity index (χ0n) is 11.9. The number of nitrogens with zero attached hydrogens (tertiary/aromatic N) is 1. The van der Waals surface area contributed by atoms with E-state index >= 15 is 0 Å². The predicted octanol–water partition coefficient (Wildman–Crippen LogP) is 4.05. The molecular weight excluding hydrogens is 256 g/mol. The van der Waals surface area contributed by atoms with Gasteiger partial charge in [0.25, 0.3) is 0 Å². The Morgan fingerprint density at radius 2 is 1.74 bits per heavy atom. The molecule has 1 heterocycles. The van der Waals surface area contributed by atoms with Crippen LogP contribution in [0.2, 0.25) is 0 Å². The summed E-state index contributed by atoms with van der Waals surface area (Å²) < 4.78 is 6.04. The SMILES string of the molecule is COc1cc(C)c(-c2n[nH]c(=S)c(C)c2C)cc1C. The summed E-state index contributed by atoms with van der Waals surface area (Å²) in [5, 5.41) is 7.31. The van der Waals surface area contributed by atoms with E-state index in [0.29, 0.717) is 4.64 Å². The maximum atomic E-state index is 5.34. The van der Waals surface area contributed by atoms with Crippen LogP contribution in [0.25, 0.3) is 11.3 Å². The number of ether oxygens (including phenoxy) is 1.